The van der Waals surface area contributed by atoms with E-state index >= 15 is 0 Å². The van der Waals surface area contributed by atoms with Gasteiger partial charge in [-0.15, -0.1) is 0 Å². The third kappa shape index (κ3) is 5.83. The average Bonchev–Trinajstić information content (AvgIpc) is 2.61. The van der Waals surface area contributed by atoms with Gasteiger partial charge in [0.15, 0.2) is 9.84 Å². The summed E-state index contributed by atoms with van der Waals surface area (Å²) in [4.78, 5) is 14.3. The van der Waals surface area contributed by atoms with Gasteiger partial charge in [0, 0.05) is 18.0 Å². The number of nitrogens with one attached hydrogen (secondary N) is 1. The Labute approximate surface area is 159 Å². The Kier molecular flexibility index (Phi) is 7.20. The maximum Gasteiger partial charge on any atom is 0.221 e. The number of nitrogens with zero attached hydrogens (tertiary/aromatic N) is 1. The van der Waals surface area contributed by atoms with Gasteiger partial charge >= 0.3 is 0 Å². The Morgan fingerprint density at radius 3 is 2.42 bits per heavy atom. The molecule has 5 nitrogen and oxygen atoms in total. The normalized spacial score (nSPS) is 12.8. The topological polar surface area (TPSA) is 66.5 Å². The molecular weight excluding hydrogens is 372 g/mol. The van der Waals surface area contributed by atoms with Crippen LogP contribution in [-0.2, 0) is 14.6 Å². The van der Waals surface area contributed by atoms with E-state index in [9.17, 15) is 13.2 Å². The zero-order chi connectivity index (χ0) is 19.2. The van der Waals surface area contributed by atoms with Crippen LogP contribution < -0.4 is 5.32 Å². The van der Waals surface area contributed by atoms with E-state index in [0.29, 0.717) is 11.6 Å². The summed E-state index contributed by atoms with van der Waals surface area (Å²) in [5, 5.41) is 3.18. The van der Waals surface area contributed by atoms with Crippen LogP contribution in [0.1, 0.15) is 18.0 Å². The van der Waals surface area contributed by atoms with Crippen LogP contribution >= 0.6 is 11.6 Å². The highest BCUT2D eigenvalue weighted by Gasteiger charge is 2.18. The SMILES string of the molecule is CN(C)C(CNC(=O)CCS(=O)(=O)c1cccc(Cl)c1)c1ccccc1. The van der Waals surface area contributed by atoms with Gasteiger partial charge in [-0.25, -0.2) is 8.42 Å². The van der Waals surface area contributed by atoms with Gasteiger partial charge in [0.05, 0.1) is 16.7 Å². The molecule has 1 N–H and O–H groups in total. The van der Waals surface area contributed by atoms with E-state index in [1.165, 1.54) is 12.1 Å². The first kappa shape index (κ1) is 20.4. The summed E-state index contributed by atoms with van der Waals surface area (Å²) in [7, 11) is 0.335. The summed E-state index contributed by atoms with van der Waals surface area (Å²) in [6.07, 6.45) is -0.0935. The lowest BCUT2D eigenvalue weighted by atomic mass is 10.1. The van der Waals surface area contributed by atoms with Crippen LogP contribution in [0, 0.1) is 0 Å². The molecule has 2 aromatic carbocycles. The van der Waals surface area contributed by atoms with Crippen molar-refractivity contribution in [3.05, 3.63) is 65.2 Å². The van der Waals surface area contributed by atoms with Crippen LogP contribution in [0.4, 0.5) is 0 Å². The van der Waals surface area contributed by atoms with Crippen molar-refractivity contribution in [2.24, 2.45) is 0 Å². The molecule has 0 aliphatic rings. The summed E-state index contributed by atoms with van der Waals surface area (Å²) in [5.74, 6) is -0.546. The maximum absolute atomic E-state index is 12.3. The largest absolute Gasteiger partial charge is 0.354 e. The predicted octanol–water partition coefficient (Wildman–Crippen LogP) is 2.92. The molecule has 0 saturated heterocycles. The third-order valence-electron chi connectivity index (χ3n) is 4.05. The minimum atomic E-state index is -3.54. The monoisotopic (exact) mass is 394 g/mol. The number of hydrogen-bond donors (Lipinski definition) is 1. The number of halogens is 1. The first-order chi connectivity index (χ1) is 12.3. The van der Waals surface area contributed by atoms with Crippen LogP contribution in [0.25, 0.3) is 0 Å². The maximum atomic E-state index is 12.3. The van der Waals surface area contributed by atoms with Crippen LogP contribution in [0.15, 0.2) is 59.5 Å². The zero-order valence-corrected chi connectivity index (χ0v) is 16.4. The molecule has 7 heteroatoms. The summed E-state index contributed by atoms with van der Waals surface area (Å²) in [6, 6.07) is 15.9. The second kappa shape index (κ2) is 9.16. The summed E-state index contributed by atoms with van der Waals surface area (Å²) in [6.45, 7) is 0.410. The second-order valence-electron chi connectivity index (χ2n) is 6.22. The lowest BCUT2D eigenvalue weighted by Crippen LogP contribution is -2.35. The second-order valence-corrected chi connectivity index (χ2v) is 8.77. The van der Waals surface area contributed by atoms with Gasteiger partial charge in [0.1, 0.15) is 0 Å². The van der Waals surface area contributed by atoms with Gasteiger partial charge in [0.25, 0.3) is 0 Å². The van der Waals surface area contributed by atoms with E-state index in [1.807, 2.05) is 49.3 Å². The van der Waals surface area contributed by atoms with Gasteiger partial charge in [-0.3, -0.25) is 4.79 Å². The Morgan fingerprint density at radius 1 is 1.12 bits per heavy atom. The van der Waals surface area contributed by atoms with Crippen molar-refractivity contribution in [2.45, 2.75) is 17.4 Å². The van der Waals surface area contributed by atoms with Crippen LogP contribution in [0.5, 0.6) is 0 Å². The molecule has 2 aromatic rings. The molecule has 0 heterocycles. The van der Waals surface area contributed by atoms with Gasteiger partial charge in [-0.1, -0.05) is 48.0 Å². The first-order valence-electron chi connectivity index (χ1n) is 8.26. The summed E-state index contributed by atoms with van der Waals surface area (Å²) >= 11 is 5.84. The lowest BCUT2D eigenvalue weighted by Gasteiger charge is -2.25. The number of amides is 1. The molecular formula is C19H23ClN2O3S. The van der Waals surface area contributed by atoms with Crippen molar-refractivity contribution in [2.75, 3.05) is 26.4 Å². The van der Waals surface area contributed by atoms with E-state index in [1.54, 1.807) is 12.1 Å². The van der Waals surface area contributed by atoms with E-state index in [-0.39, 0.29) is 29.0 Å². The average molecular weight is 395 g/mol. The highest BCUT2D eigenvalue weighted by Crippen LogP contribution is 2.18. The highest BCUT2D eigenvalue weighted by molar-refractivity contribution is 7.91. The van der Waals surface area contributed by atoms with Crippen molar-refractivity contribution in [1.82, 2.24) is 10.2 Å². The summed E-state index contributed by atoms with van der Waals surface area (Å²) < 4.78 is 24.6. The van der Waals surface area contributed by atoms with Crippen LogP contribution in [0.3, 0.4) is 0 Å². The van der Waals surface area contributed by atoms with Gasteiger partial charge in [-0.05, 0) is 37.9 Å². The summed E-state index contributed by atoms with van der Waals surface area (Å²) in [5.41, 5.74) is 1.09. The number of carbonyl (C=O) groups is 1. The van der Waals surface area contributed by atoms with E-state index in [2.05, 4.69) is 5.32 Å². The molecule has 1 amide bonds. The fourth-order valence-corrected chi connectivity index (χ4v) is 4.12. The van der Waals surface area contributed by atoms with Crippen molar-refractivity contribution < 1.29 is 13.2 Å². The molecule has 140 valence electrons. The molecule has 0 bridgehead atoms. The molecule has 0 spiro atoms. The molecule has 0 radical (unpaired) electrons. The molecule has 0 aliphatic heterocycles. The van der Waals surface area contributed by atoms with E-state index in [4.69, 9.17) is 11.6 Å². The Morgan fingerprint density at radius 2 is 1.81 bits per heavy atom. The van der Waals surface area contributed by atoms with Gasteiger partial charge < -0.3 is 10.2 Å². The number of likely N-dealkylation sites (N-methyl/N-ethyl adjacent to an activating group) is 1. The molecule has 0 saturated carbocycles. The van der Waals surface area contributed by atoms with Crippen molar-refractivity contribution in [3.63, 3.8) is 0 Å². The number of carbonyl (C=O) groups excluding carboxylic acids is 1. The van der Waals surface area contributed by atoms with Crippen molar-refractivity contribution in [3.8, 4) is 0 Å². The number of rotatable bonds is 8. The minimum absolute atomic E-state index is 0.0182. The third-order valence-corrected chi connectivity index (χ3v) is 6.00. The molecule has 0 fully saturated rings. The molecule has 2 rings (SSSR count). The molecule has 0 aliphatic carbocycles. The quantitative estimate of drug-likeness (QED) is 0.747. The minimum Gasteiger partial charge on any atom is -0.354 e. The number of benzene rings is 2. The standard InChI is InChI=1S/C19H23ClN2O3S/c1-22(2)18(15-7-4-3-5-8-15)14-21-19(23)11-12-26(24,25)17-10-6-9-16(20)13-17/h3-10,13,18H,11-12,14H2,1-2H3,(H,21,23). The van der Waals surface area contributed by atoms with Crippen molar-refractivity contribution >= 4 is 27.3 Å². The Hall–Kier alpha value is -1.89. The van der Waals surface area contributed by atoms with Crippen LogP contribution in [0.2, 0.25) is 5.02 Å². The van der Waals surface area contributed by atoms with E-state index in [0.717, 1.165) is 5.56 Å². The number of sulfone groups is 1. The Balaban J connectivity index is 1.92. The molecule has 0 aromatic heterocycles. The van der Waals surface area contributed by atoms with Crippen LogP contribution in [-0.4, -0.2) is 45.6 Å². The van der Waals surface area contributed by atoms with E-state index < -0.39 is 9.84 Å². The smallest absolute Gasteiger partial charge is 0.221 e. The molecule has 1 unspecified atom stereocenters. The van der Waals surface area contributed by atoms with Gasteiger partial charge in [0.2, 0.25) is 5.91 Å². The molecule has 1 atom stereocenters. The predicted molar refractivity (Wildman–Crippen MR) is 104 cm³/mol. The zero-order valence-electron chi connectivity index (χ0n) is 14.9. The molecule has 26 heavy (non-hydrogen) atoms. The lowest BCUT2D eigenvalue weighted by molar-refractivity contribution is -0.120. The highest BCUT2D eigenvalue weighted by atomic mass is 35.5. The fraction of sp³-hybridized carbons (Fsp3) is 0.316. The first-order valence-corrected chi connectivity index (χ1v) is 10.3. The number of hydrogen-bond acceptors (Lipinski definition) is 4. The fourth-order valence-electron chi connectivity index (χ4n) is 2.58. The van der Waals surface area contributed by atoms with Crippen molar-refractivity contribution in [1.29, 1.82) is 0 Å². The van der Waals surface area contributed by atoms with Gasteiger partial charge in [-0.2, -0.15) is 0 Å². The Bertz CT molecular complexity index is 839.